The smallest absolute Gasteiger partial charge is 0.149 e. The zero-order chi connectivity index (χ0) is 16.4. The lowest BCUT2D eigenvalue weighted by Crippen LogP contribution is -2.04. The normalized spacial score (nSPS) is 13.4. The zero-order valence-electron chi connectivity index (χ0n) is 13.3. The maximum atomic E-state index is 4.64. The van der Waals surface area contributed by atoms with E-state index in [9.17, 15) is 0 Å². The van der Waals surface area contributed by atoms with Crippen molar-refractivity contribution in [1.82, 2.24) is 29.9 Å². The number of pyridine rings is 1. The lowest BCUT2D eigenvalue weighted by atomic mass is 10.1. The van der Waals surface area contributed by atoms with Gasteiger partial charge in [0, 0.05) is 18.3 Å². The third-order valence-electron chi connectivity index (χ3n) is 3.78. The molecule has 0 atom stereocenters. The Morgan fingerprint density at radius 1 is 1.21 bits per heavy atom. The van der Waals surface area contributed by atoms with Crippen LogP contribution in [0.5, 0.6) is 0 Å². The highest BCUT2D eigenvalue weighted by Gasteiger charge is 2.18. The van der Waals surface area contributed by atoms with Crippen molar-refractivity contribution in [3.8, 4) is 23.2 Å². The van der Waals surface area contributed by atoms with Gasteiger partial charge in [0.15, 0.2) is 0 Å². The van der Waals surface area contributed by atoms with Gasteiger partial charge < -0.3 is 0 Å². The molecule has 4 rings (SSSR count). The number of aromatic nitrogens is 6. The fraction of sp³-hybridized carbons (Fsp3) is 0.278. The largest absolute Gasteiger partial charge is 0.244 e. The summed E-state index contributed by atoms with van der Waals surface area (Å²) in [6.45, 7) is 2.49. The molecule has 6 nitrogen and oxygen atoms in total. The number of hydrogen-bond acceptors (Lipinski definition) is 5. The molecule has 118 valence electrons. The van der Waals surface area contributed by atoms with E-state index >= 15 is 0 Å². The highest BCUT2D eigenvalue weighted by Crippen LogP contribution is 2.27. The summed E-state index contributed by atoms with van der Waals surface area (Å²) in [7, 11) is 0. The van der Waals surface area contributed by atoms with Gasteiger partial charge in [-0.15, -0.1) is 5.10 Å². The van der Waals surface area contributed by atoms with Gasteiger partial charge >= 0.3 is 0 Å². The van der Waals surface area contributed by atoms with E-state index < -0.39 is 0 Å². The second-order valence-electron chi connectivity index (χ2n) is 5.87. The van der Waals surface area contributed by atoms with Crippen LogP contribution >= 0.6 is 0 Å². The highest BCUT2D eigenvalue weighted by atomic mass is 15.4. The molecule has 24 heavy (non-hydrogen) atoms. The van der Waals surface area contributed by atoms with Crippen LogP contribution in [0.15, 0.2) is 36.8 Å². The molecule has 0 spiro atoms. The van der Waals surface area contributed by atoms with Crippen LogP contribution in [0.25, 0.3) is 11.4 Å². The Labute approximate surface area is 140 Å². The Morgan fingerprint density at radius 2 is 2.04 bits per heavy atom. The van der Waals surface area contributed by atoms with Gasteiger partial charge in [0.2, 0.25) is 0 Å². The van der Waals surface area contributed by atoms with E-state index in [0.717, 1.165) is 22.6 Å². The molecular weight excluding hydrogens is 300 g/mol. The first kappa shape index (κ1) is 14.5. The van der Waals surface area contributed by atoms with Gasteiger partial charge in [-0.25, -0.2) is 19.6 Å². The number of hydrogen-bond donors (Lipinski definition) is 0. The van der Waals surface area contributed by atoms with Crippen LogP contribution < -0.4 is 0 Å². The van der Waals surface area contributed by atoms with Crippen LogP contribution in [0, 0.1) is 24.7 Å². The first-order valence-corrected chi connectivity index (χ1v) is 7.93. The van der Waals surface area contributed by atoms with E-state index in [1.165, 1.54) is 12.8 Å². The van der Waals surface area contributed by atoms with Gasteiger partial charge in [0.25, 0.3) is 0 Å². The van der Waals surface area contributed by atoms with Crippen molar-refractivity contribution in [1.29, 1.82) is 0 Å². The first-order valence-electron chi connectivity index (χ1n) is 7.93. The molecule has 3 aromatic rings. The standard InChI is InChI=1S/C18H16N6/c1-13-3-7-15(8-6-14-4-5-14)21-18(13)16-11-24(23-22-16)12-17-19-9-2-10-20-17/h2-3,7,9-11,14H,4-5,12H2,1H3. The van der Waals surface area contributed by atoms with Crippen molar-refractivity contribution in [3.05, 3.63) is 53.9 Å². The molecule has 6 heteroatoms. The number of rotatable bonds is 3. The summed E-state index contributed by atoms with van der Waals surface area (Å²) in [4.78, 5) is 13.0. The summed E-state index contributed by atoms with van der Waals surface area (Å²) in [5.41, 5.74) is 3.38. The molecule has 3 heterocycles. The molecule has 3 aromatic heterocycles. The molecule has 0 radical (unpaired) electrons. The Balaban J connectivity index is 1.59. The van der Waals surface area contributed by atoms with Gasteiger partial charge in [0.05, 0.1) is 11.9 Å². The van der Waals surface area contributed by atoms with Crippen molar-refractivity contribution in [2.45, 2.75) is 26.3 Å². The van der Waals surface area contributed by atoms with Crippen molar-refractivity contribution >= 4 is 0 Å². The maximum absolute atomic E-state index is 4.64. The molecule has 0 bridgehead atoms. The summed E-state index contributed by atoms with van der Waals surface area (Å²) in [5.74, 6) is 7.65. The van der Waals surface area contributed by atoms with E-state index in [4.69, 9.17) is 0 Å². The highest BCUT2D eigenvalue weighted by molar-refractivity contribution is 5.58. The molecule has 0 amide bonds. The van der Waals surface area contributed by atoms with Crippen LogP contribution in [-0.2, 0) is 6.54 Å². The topological polar surface area (TPSA) is 69.4 Å². The van der Waals surface area contributed by atoms with Gasteiger partial charge in [-0.2, -0.15) is 0 Å². The molecular formula is C18H16N6. The zero-order valence-corrected chi connectivity index (χ0v) is 13.3. The van der Waals surface area contributed by atoms with Gasteiger partial charge in [0.1, 0.15) is 23.8 Å². The van der Waals surface area contributed by atoms with Crippen LogP contribution in [0.4, 0.5) is 0 Å². The molecule has 1 fully saturated rings. The van der Waals surface area contributed by atoms with E-state index in [-0.39, 0.29) is 0 Å². The Bertz CT molecular complexity index is 915. The lowest BCUT2D eigenvalue weighted by Gasteiger charge is -2.01. The molecule has 0 N–H and O–H groups in total. The fourth-order valence-corrected chi connectivity index (χ4v) is 2.30. The van der Waals surface area contributed by atoms with Crippen LogP contribution in [-0.4, -0.2) is 29.9 Å². The fourth-order valence-electron chi connectivity index (χ4n) is 2.30. The average Bonchev–Trinajstić information content (AvgIpc) is 3.33. The Kier molecular flexibility index (Phi) is 3.75. The van der Waals surface area contributed by atoms with Crippen LogP contribution in [0.3, 0.4) is 0 Å². The molecule has 0 unspecified atom stereocenters. The lowest BCUT2D eigenvalue weighted by molar-refractivity contribution is 0.624. The van der Waals surface area contributed by atoms with Crippen molar-refractivity contribution in [2.24, 2.45) is 5.92 Å². The Morgan fingerprint density at radius 3 is 2.83 bits per heavy atom. The van der Waals surface area contributed by atoms with E-state index in [1.54, 1.807) is 23.1 Å². The van der Waals surface area contributed by atoms with Gasteiger partial charge in [-0.1, -0.05) is 17.2 Å². The molecule has 0 saturated heterocycles. The van der Waals surface area contributed by atoms with E-state index in [0.29, 0.717) is 18.3 Å². The SMILES string of the molecule is Cc1ccc(C#CC2CC2)nc1-c1cn(Cc2ncccn2)nn1. The monoisotopic (exact) mass is 316 g/mol. The average molecular weight is 316 g/mol. The second kappa shape index (κ2) is 6.20. The quantitative estimate of drug-likeness (QED) is 0.693. The van der Waals surface area contributed by atoms with Crippen molar-refractivity contribution in [3.63, 3.8) is 0 Å². The Hall–Kier alpha value is -3.07. The van der Waals surface area contributed by atoms with Crippen molar-refractivity contribution < 1.29 is 0 Å². The van der Waals surface area contributed by atoms with Crippen LogP contribution in [0.2, 0.25) is 0 Å². The summed E-state index contributed by atoms with van der Waals surface area (Å²) in [6.07, 6.45) is 7.72. The molecule has 1 aliphatic rings. The van der Waals surface area contributed by atoms with Crippen molar-refractivity contribution in [2.75, 3.05) is 0 Å². The molecule has 0 aromatic carbocycles. The number of aryl methyl sites for hydroxylation is 1. The summed E-state index contributed by atoms with van der Waals surface area (Å²) in [6, 6.07) is 5.77. The third kappa shape index (κ3) is 3.30. The minimum Gasteiger partial charge on any atom is -0.244 e. The number of nitrogens with zero attached hydrogens (tertiary/aromatic N) is 6. The van der Waals surface area contributed by atoms with Gasteiger partial charge in [-0.05, 0) is 43.4 Å². The van der Waals surface area contributed by atoms with Gasteiger partial charge in [-0.3, -0.25) is 0 Å². The third-order valence-corrected chi connectivity index (χ3v) is 3.78. The second-order valence-corrected chi connectivity index (χ2v) is 5.87. The van der Waals surface area contributed by atoms with E-state index in [2.05, 4.69) is 37.1 Å². The minimum atomic E-state index is 0.480. The molecule has 1 aliphatic carbocycles. The van der Waals surface area contributed by atoms with E-state index in [1.807, 2.05) is 25.3 Å². The summed E-state index contributed by atoms with van der Waals surface area (Å²) < 4.78 is 1.72. The molecule has 1 saturated carbocycles. The van der Waals surface area contributed by atoms with Crippen LogP contribution in [0.1, 0.15) is 29.9 Å². The first-order chi connectivity index (χ1) is 11.8. The predicted octanol–water partition coefficient (Wildman–Crippen LogP) is 2.25. The summed E-state index contributed by atoms with van der Waals surface area (Å²) in [5, 5.41) is 8.39. The maximum Gasteiger partial charge on any atom is 0.149 e. The predicted molar refractivity (Wildman–Crippen MR) is 88.7 cm³/mol. The molecule has 0 aliphatic heterocycles. The minimum absolute atomic E-state index is 0.480. The summed E-state index contributed by atoms with van der Waals surface area (Å²) >= 11 is 0.